The highest BCUT2D eigenvalue weighted by Crippen LogP contribution is 1.93. The second kappa shape index (κ2) is 7.79. The minimum Gasteiger partial charge on any atom is -0.478 e. The van der Waals surface area contributed by atoms with Crippen LogP contribution in [0.1, 0.15) is 20.3 Å². The fourth-order valence-corrected chi connectivity index (χ4v) is 0.533. The molecule has 0 aromatic carbocycles. The zero-order valence-electron chi connectivity index (χ0n) is 9.83. The molecule has 0 fully saturated rings. The maximum Gasteiger partial charge on any atom is 0.330 e. The fraction of sp³-hybridized carbons (Fsp3) is 0.455. The number of nitrogens with zero attached hydrogens (tertiary/aromatic N) is 1. The van der Waals surface area contributed by atoms with Gasteiger partial charge in [0.1, 0.15) is 0 Å². The van der Waals surface area contributed by atoms with Crippen molar-refractivity contribution in [1.29, 1.82) is 0 Å². The van der Waals surface area contributed by atoms with Crippen LogP contribution in [0, 0.1) is 0 Å². The van der Waals surface area contributed by atoms with Gasteiger partial charge in [0.05, 0.1) is 0 Å². The molecule has 0 aliphatic heterocycles. The molecule has 0 aliphatic carbocycles. The Bertz CT molecular complexity index is 267. The number of carbonyl (C=O) groups is 2. The second-order valence-electron chi connectivity index (χ2n) is 3.24. The molecule has 0 bridgehead atoms. The van der Waals surface area contributed by atoms with Crippen LogP contribution in [0.4, 0.5) is 0 Å². The molecule has 86 valence electrons. The number of hydrogen-bond donors (Lipinski definition) is 1. The van der Waals surface area contributed by atoms with Gasteiger partial charge >= 0.3 is 5.97 Å². The molecule has 1 N–H and O–H groups in total. The number of aliphatic carboxylic acids is 1. The lowest BCUT2D eigenvalue weighted by atomic mass is 10.2. The average molecular weight is 213 g/mol. The van der Waals surface area contributed by atoms with Crippen LogP contribution in [0.5, 0.6) is 0 Å². The van der Waals surface area contributed by atoms with Crippen molar-refractivity contribution in [1.82, 2.24) is 4.90 Å². The van der Waals surface area contributed by atoms with Crippen molar-refractivity contribution in [2.24, 2.45) is 0 Å². The van der Waals surface area contributed by atoms with Crippen LogP contribution in [0.3, 0.4) is 0 Å². The van der Waals surface area contributed by atoms with Gasteiger partial charge in [-0.2, -0.15) is 0 Å². The highest BCUT2D eigenvalue weighted by molar-refractivity contribution is 5.91. The van der Waals surface area contributed by atoms with E-state index >= 15 is 0 Å². The van der Waals surface area contributed by atoms with Crippen molar-refractivity contribution in [3.05, 3.63) is 24.3 Å². The van der Waals surface area contributed by atoms with Crippen molar-refractivity contribution in [2.45, 2.75) is 20.3 Å². The monoisotopic (exact) mass is 213 g/mol. The number of carboxylic acids is 1. The van der Waals surface area contributed by atoms with E-state index in [0.29, 0.717) is 12.0 Å². The maximum absolute atomic E-state index is 10.7. The minimum absolute atomic E-state index is 0.00926. The zero-order chi connectivity index (χ0) is 12.6. The zero-order valence-corrected chi connectivity index (χ0v) is 9.83. The normalized spacial score (nSPS) is 8.27. The van der Waals surface area contributed by atoms with Gasteiger partial charge in [0.25, 0.3) is 0 Å². The highest BCUT2D eigenvalue weighted by Gasteiger charge is 2.01. The largest absolute Gasteiger partial charge is 0.478 e. The summed E-state index contributed by atoms with van der Waals surface area (Å²) in [7, 11) is 3.41. The number of carbonyl (C=O) groups excluding carboxylic acids is 1. The van der Waals surface area contributed by atoms with E-state index in [9.17, 15) is 9.59 Å². The molecule has 0 unspecified atom stereocenters. The molecule has 0 atom stereocenters. The molecule has 1 amide bonds. The first-order valence-electron chi connectivity index (χ1n) is 4.52. The number of amides is 1. The van der Waals surface area contributed by atoms with Gasteiger partial charge in [-0.25, -0.2) is 4.79 Å². The van der Waals surface area contributed by atoms with Gasteiger partial charge in [-0.1, -0.05) is 20.1 Å². The van der Waals surface area contributed by atoms with Crippen LogP contribution in [0.2, 0.25) is 0 Å². The SMILES string of the molecule is C=C(C)C(=O)N(C)C.C=C(CC)C(=O)O. The van der Waals surface area contributed by atoms with Crippen LogP contribution in [0.25, 0.3) is 0 Å². The van der Waals surface area contributed by atoms with E-state index < -0.39 is 5.97 Å². The molecule has 4 heteroatoms. The molecule has 0 saturated carbocycles. The Morgan fingerprint density at radius 3 is 1.67 bits per heavy atom. The van der Waals surface area contributed by atoms with Gasteiger partial charge in [-0.3, -0.25) is 4.79 Å². The molecule has 0 aromatic rings. The Labute approximate surface area is 90.9 Å². The summed E-state index contributed by atoms with van der Waals surface area (Å²) in [6.07, 6.45) is 0.523. The van der Waals surface area contributed by atoms with E-state index in [0.717, 1.165) is 0 Å². The summed E-state index contributed by atoms with van der Waals surface area (Å²) in [5.41, 5.74) is 0.843. The second-order valence-corrected chi connectivity index (χ2v) is 3.24. The van der Waals surface area contributed by atoms with E-state index in [1.54, 1.807) is 27.9 Å². The van der Waals surface area contributed by atoms with Gasteiger partial charge in [0, 0.05) is 25.2 Å². The third-order valence-corrected chi connectivity index (χ3v) is 1.50. The molecular weight excluding hydrogens is 194 g/mol. The van der Waals surface area contributed by atoms with Gasteiger partial charge in [0.15, 0.2) is 0 Å². The van der Waals surface area contributed by atoms with Crippen molar-refractivity contribution < 1.29 is 14.7 Å². The Hall–Kier alpha value is -1.58. The average Bonchev–Trinajstić information content (AvgIpc) is 2.15. The summed E-state index contributed by atoms with van der Waals surface area (Å²) in [5, 5.41) is 8.08. The van der Waals surface area contributed by atoms with Crippen molar-refractivity contribution in [3.63, 3.8) is 0 Å². The van der Waals surface area contributed by atoms with E-state index in [2.05, 4.69) is 13.2 Å². The van der Waals surface area contributed by atoms with Gasteiger partial charge in [0.2, 0.25) is 5.91 Å². The Morgan fingerprint density at radius 2 is 1.67 bits per heavy atom. The minimum atomic E-state index is -0.900. The van der Waals surface area contributed by atoms with E-state index in [-0.39, 0.29) is 11.5 Å². The predicted molar refractivity (Wildman–Crippen MR) is 60.6 cm³/mol. The third kappa shape index (κ3) is 8.74. The van der Waals surface area contributed by atoms with E-state index in [1.807, 2.05) is 0 Å². The molecule has 0 heterocycles. The number of carboxylic acid groups (broad SMARTS) is 1. The number of rotatable bonds is 3. The summed E-state index contributed by atoms with van der Waals surface area (Å²) in [4.78, 5) is 22.0. The van der Waals surface area contributed by atoms with Crippen molar-refractivity contribution >= 4 is 11.9 Å². The lowest BCUT2D eigenvalue weighted by molar-refractivity contribution is -0.132. The van der Waals surface area contributed by atoms with E-state index in [1.165, 1.54) is 4.90 Å². The molecule has 0 spiro atoms. The van der Waals surface area contributed by atoms with Crippen molar-refractivity contribution in [2.75, 3.05) is 14.1 Å². The molecule has 0 aliphatic rings. The van der Waals surface area contributed by atoms with E-state index in [4.69, 9.17) is 5.11 Å². The first-order valence-corrected chi connectivity index (χ1v) is 4.52. The summed E-state index contributed by atoms with van der Waals surface area (Å²) in [5.74, 6) is -0.910. The van der Waals surface area contributed by atoms with Gasteiger partial charge < -0.3 is 10.0 Å². The maximum atomic E-state index is 10.7. The molecule has 0 rings (SSSR count). The quantitative estimate of drug-likeness (QED) is 0.726. The lowest BCUT2D eigenvalue weighted by Crippen LogP contribution is -2.21. The summed E-state index contributed by atoms with van der Waals surface area (Å²) < 4.78 is 0. The number of likely N-dealkylation sites (N-methyl/N-ethyl adjacent to an activating group) is 1. The molecule has 0 aromatic heterocycles. The van der Waals surface area contributed by atoms with Gasteiger partial charge in [-0.05, 0) is 13.3 Å². The highest BCUT2D eigenvalue weighted by atomic mass is 16.4. The molecule has 4 nitrogen and oxygen atoms in total. The van der Waals surface area contributed by atoms with Gasteiger partial charge in [-0.15, -0.1) is 0 Å². The van der Waals surface area contributed by atoms with Crippen LogP contribution in [0.15, 0.2) is 24.3 Å². The first-order chi connectivity index (χ1) is 6.73. The van der Waals surface area contributed by atoms with Crippen LogP contribution in [-0.2, 0) is 9.59 Å². The summed E-state index contributed by atoms with van der Waals surface area (Å²) in [6.45, 7) is 10.2. The van der Waals surface area contributed by atoms with Crippen LogP contribution in [-0.4, -0.2) is 36.0 Å². The Kier molecular flexibility index (Phi) is 8.24. The molecule has 0 radical (unpaired) electrons. The first kappa shape index (κ1) is 15.9. The fourth-order valence-electron chi connectivity index (χ4n) is 0.533. The molecule has 0 saturated heterocycles. The van der Waals surface area contributed by atoms with Crippen molar-refractivity contribution in [3.8, 4) is 0 Å². The Morgan fingerprint density at radius 1 is 1.27 bits per heavy atom. The standard InChI is InChI=1S/C6H11NO.C5H8O2/c1-5(2)6(8)7(3)4;1-3-4(2)5(6)7/h1H2,2-4H3;2-3H2,1H3,(H,6,7). The molecular formula is C11H19NO3. The number of hydrogen-bond acceptors (Lipinski definition) is 2. The smallest absolute Gasteiger partial charge is 0.330 e. The predicted octanol–water partition coefficient (Wildman–Crippen LogP) is 1.69. The molecule has 15 heavy (non-hydrogen) atoms. The van der Waals surface area contributed by atoms with Crippen LogP contribution < -0.4 is 0 Å². The summed E-state index contributed by atoms with van der Waals surface area (Å²) >= 11 is 0. The van der Waals surface area contributed by atoms with Crippen LogP contribution >= 0.6 is 0 Å². The lowest BCUT2D eigenvalue weighted by Gasteiger charge is -2.07. The topological polar surface area (TPSA) is 57.6 Å². The summed E-state index contributed by atoms with van der Waals surface area (Å²) in [6, 6.07) is 0. The third-order valence-electron chi connectivity index (χ3n) is 1.50. The Balaban J connectivity index is 0.